The molecule has 3 amide bonds. The number of carbonyl (C=O) groups is 2. The average Bonchev–Trinajstić information content (AvgIpc) is 3.23. The molecule has 1 aliphatic heterocycles. The summed E-state index contributed by atoms with van der Waals surface area (Å²) in [7, 11) is 1.59. The van der Waals surface area contributed by atoms with Gasteiger partial charge in [-0.3, -0.25) is 4.79 Å². The molecule has 7 nitrogen and oxygen atoms in total. The number of ether oxygens (including phenoxy) is 2. The van der Waals surface area contributed by atoms with Crippen molar-refractivity contribution in [3.8, 4) is 5.75 Å². The number of carbonyl (C=O) groups excluding carboxylic acids is 2. The van der Waals surface area contributed by atoms with Gasteiger partial charge in [-0.1, -0.05) is 17.7 Å². The van der Waals surface area contributed by atoms with Crippen molar-refractivity contribution in [3.63, 3.8) is 0 Å². The van der Waals surface area contributed by atoms with Crippen LogP contribution in [0.2, 0.25) is 0 Å². The number of benzene rings is 1. The first-order valence-electron chi connectivity index (χ1n) is 11.3. The summed E-state index contributed by atoms with van der Waals surface area (Å²) in [6.07, 6.45) is 0.812. The number of amides is 3. The molecule has 1 N–H and O–H groups in total. The molecule has 0 aliphatic carbocycles. The number of hydrogen-bond acceptors (Lipinski definition) is 5. The first-order chi connectivity index (χ1) is 15.7. The predicted octanol–water partition coefficient (Wildman–Crippen LogP) is 4.02. The van der Waals surface area contributed by atoms with E-state index in [4.69, 9.17) is 9.47 Å². The average molecular weight is 474 g/mol. The molecule has 0 bridgehead atoms. The van der Waals surface area contributed by atoms with E-state index in [1.54, 1.807) is 18.4 Å². The maximum atomic E-state index is 13.5. The smallest absolute Gasteiger partial charge is 0.318 e. The number of urea groups is 1. The Morgan fingerprint density at radius 1 is 1.21 bits per heavy atom. The van der Waals surface area contributed by atoms with Gasteiger partial charge >= 0.3 is 6.03 Å². The zero-order valence-corrected chi connectivity index (χ0v) is 21.0. The van der Waals surface area contributed by atoms with Crippen LogP contribution in [-0.2, 0) is 16.0 Å². The van der Waals surface area contributed by atoms with Crippen LogP contribution in [0.4, 0.5) is 4.79 Å². The van der Waals surface area contributed by atoms with Crippen molar-refractivity contribution in [3.05, 3.63) is 51.7 Å². The molecule has 0 saturated carbocycles. The topological polar surface area (TPSA) is 71.1 Å². The van der Waals surface area contributed by atoms with Crippen molar-refractivity contribution in [2.24, 2.45) is 0 Å². The van der Waals surface area contributed by atoms with Crippen LogP contribution < -0.4 is 10.1 Å². The standard InChI is InChI=1S/C25H35N3O4S/c1-18-6-8-19(9-7-18)32-17-21-20-11-15-33-22(20)10-12-28(21)23(29)16-27(13-14-31-5)24(30)26-25(2,3)4/h6-9,11,15,21H,10,12-14,16-17H2,1-5H3,(H,26,30). The van der Waals surface area contributed by atoms with E-state index in [1.165, 1.54) is 15.3 Å². The highest BCUT2D eigenvalue weighted by molar-refractivity contribution is 7.10. The predicted molar refractivity (Wildman–Crippen MR) is 131 cm³/mol. The quantitative estimate of drug-likeness (QED) is 0.629. The number of hydrogen-bond donors (Lipinski definition) is 1. The number of rotatable bonds is 8. The van der Waals surface area contributed by atoms with Gasteiger partial charge in [0.25, 0.3) is 0 Å². The molecule has 0 saturated heterocycles. The Balaban J connectivity index is 1.75. The van der Waals surface area contributed by atoms with Crippen LogP contribution >= 0.6 is 11.3 Å². The zero-order valence-electron chi connectivity index (χ0n) is 20.2. The van der Waals surface area contributed by atoms with Crippen LogP contribution in [0.1, 0.15) is 42.8 Å². The fourth-order valence-corrected chi connectivity index (χ4v) is 4.72. The first-order valence-corrected chi connectivity index (χ1v) is 12.2. The number of nitrogens with zero attached hydrogens (tertiary/aromatic N) is 2. The van der Waals surface area contributed by atoms with Crippen LogP contribution in [0.5, 0.6) is 5.75 Å². The van der Waals surface area contributed by atoms with Crippen molar-refractivity contribution in [2.45, 2.75) is 45.7 Å². The fraction of sp³-hybridized carbons (Fsp3) is 0.520. The van der Waals surface area contributed by atoms with Crippen molar-refractivity contribution < 1.29 is 19.1 Å². The lowest BCUT2D eigenvalue weighted by Gasteiger charge is -2.37. The number of aryl methyl sites for hydroxylation is 1. The minimum absolute atomic E-state index is 0.00816. The molecule has 1 aromatic carbocycles. The van der Waals surface area contributed by atoms with E-state index in [-0.39, 0.29) is 24.5 Å². The first kappa shape index (κ1) is 25.1. The van der Waals surface area contributed by atoms with Gasteiger partial charge in [0.05, 0.1) is 12.6 Å². The fourth-order valence-electron chi connectivity index (χ4n) is 3.79. The van der Waals surface area contributed by atoms with E-state index in [9.17, 15) is 9.59 Å². The number of methoxy groups -OCH3 is 1. The van der Waals surface area contributed by atoms with E-state index in [1.807, 2.05) is 56.9 Å². The van der Waals surface area contributed by atoms with E-state index in [2.05, 4.69) is 16.8 Å². The van der Waals surface area contributed by atoms with Gasteiger partial charge in [-0.25, -0.2) is 4.79 Å². The van der Waals surface area contributed by atoms with Crippen LogP contribution in [0.15, 0.2) is 35.7 Å². The second-order valence-corrected chi connectivity index (χ2v) is 10.4. The molecule has 2 heterocycles. The normalized spacial score (nSPS) is 15.7. The summed E-state index contributed by atoms with van der Waals surface area (Å²) >= 11 is 1.72. The lowest BCUT2D eigenvalue weighted by molar-refractivity contribution is -0.135. The maximum Gasteiger partial charge on any atom is 0.318 e. The Labute approximate surface area is 200 Å². The maximum absolute atomic E-state index is 13.5. The van der Waals surface area contributed by atoms with E-state index >= 15 is 0 Å². The van der Waals surface area contributed by atoms with Crippen molar-refractivity contribution in [2.75, 3.05) is 40.0 Å². The summed E-state index contributed by atoms with van der Waals surface area (Å²) in [5.41, 5.74) is 1.91. The van der Waals surface area contributed by atoms with Crippen molar-refractivity contribution in [1.82, 2.24) is 15.1 Å². The SMILES string of the molecule is COCCN(CC(=O)N1CCc2sccc2C1COc1ccc(C)cc1)C(=O)NC(C)(C)C. The molecule has 1 aliphatic rings. The summed E-state index contributed by atoms with van der Waals surface area (Å²) < 4.78 is 11.3. The van der Waals surface area contributed by atoms with Gasteiger partial charge < -0.3 is 24.6 Å². The van der Waals surface area contributed by atoms with Crippen LogP contribution in [0.25, 0.3) is 0 Å². The Morgan fingerprint density at radius 2 is 1.94 bits per heavy atom. The lowest BCUT2D eigenvalue weighted by Crippen LogP contribution is -2.53. The van der Waals surface area contributed by atoms with E-state index in [0.717, 1.165) is 17.7 Å². The number of nitrogens with one attached hydrogen (secondary N) is 1. The second-order valence-electron chi connectivity index (χ2n) is 9.37. The highest BCUT2D eigenvalue weighted by atomic mass is 32.1. The zero-order chi connectivity index (χ0) is 24.0. The Hall–Kier alpha value is -2.58. The molecule has 33 heavy (non-hydrogen) atoms. The number of thiophene rings is 1. The largest absolute Gasteiger partial charge is 0.491 e. The summed E-state index contributed by atoms with van der Waals surface area (Å²) in [6.45, 7) is 9.46. The molecule has 0 radical (unpaired) electrons. The summed E-state index contributed by atoms with van der Waals surface area (Å²) in [4.78, 5) is 30.9. The number of fused-ring (bicyclic) bond motifs is 1. The van der Waals surface area contributed by atoms with Gasteiger partial charge in [0.15, 0.2) is 0 Å². The monoisotopic (exact) mass is 473 g/mol. The van der Waals surface area contributed by atoms with Gasteiger partial charge in [0, 0.05) is 30.6 Å². The molecule has 3 rings (SSSR count). The van der Waals surface area contributed by atoms with E-state index in [0.29, 0.717) is 26.3 Å². The minimum Gasteiger partial charge on any atom is -0.491 e. The van der Waals surface area contributed by atoms with E-state index < -0.39 is 5.54 Å². The van der Waals surface area contributed by atoms with Crippen LogP contribution in [-0.4, -0.2) is 67.2 Å². The van der Waals surface area contributed by atoms with Crippen molar-refractivity contribution in [1.29, 1.82) is 0 Å². The Kier molecular flexibility index (Phi) is 8.37. The van der Waals surface area contributed by atoms with Gasteiger partial charge in [-0.05, 0) is 63.3 Å². The van der Waals surface area contributed by atoms with Gasteiger partial charge in [-0.15, -0.1) is 11.3 Å². The second kappa shape index (κ2) is 11.0. The van der Waals surface area contributed by atoms with Gasteiger partial charge in [0.1, 0.15) is 18.9 Å². The van der Waals surface area contributed by atoms with Gasteiger partial charge in [-0.2, -0.15) is 0 Å². The third-order valence-electron chi connectivity index (χ3n) is 5.50. The van der Waals surface area contributed by atoms with Crippen LogP contribution in [0, 0.1) is 6.92 Å². The lowest BCUT2D eigenvalue weighted by atomic mass is 10.0. The molecule has 0 fully saturated rings. The Bertz CT molecular complexity index is 936. The molecule has 8 heteroatoms. The summed E-state index contributed by atoms with van der Waals surface area (Å²) in [5, 5.41) is 5.02. The molecule has 1 atom stereocenters. The van der Waals surface area contributed by atoms with Crippen molar-refractivity contribution >= 4 is 23.3 Å². The Morgan fingerprint density at radius 3 is 2.61 bits per heavy atom. The summed E-state index contributed by atoms with van der Waals surface area (Å²) in [5.74, 6) is 0.686. The summed E-state index contributed by atoms with van der Waals surface area (Å²) in [6, 6.07) is 9.53. The van der Waals surface area contributed by atoms with Gasteiger partial charge in [0.2, 0.25) is 5.91 Å². The molecule has 1 aromatic heterocycles. The molecule has 180 valence electrons. The molecular formula is C25H35N3O4S. The molecule has 1 unspecified atom stereocenters. The molecular weight excluding hydrogens is 438 g/mol. The molecule has 0 spiro atoms. The highest BCUT2D eigenvalue weighted by Gasteiger charge is 2.33. The van der Waals surface area contributed by atoms with Crippen LogP contribution in [0.3, 0.4) is 0 Å². The third-order valence-corrected chi connectivity index (χ3v) is 6.50. The third kappa shape index (κ3) is 6.95. The minimum atomic E-state index is -0.396. The highest BCUT2D eigenvalue weighted by Crippen LogP contribution is 2.34. The molecule has 2 aromatic rings.